The molecular weight excluding hydrogens is 328 g/mol. The number of nitrogens with zero attached hydrogens (tertiary/aromatic N) is 1. The average Bonchev–Trinajstić information content (AvgIpc) is 2.52. The first-order valence-corrected chi connectivity index (χ1v) is 8.90. The number of nitrogens with one attached hydrogen (secondary N) is 3. The number of hydrogen-bond acceptors (Lipinski definition) is 4. The summed E-state index contributed by atoms with van der Waals surface area (Å²) in [5.41, 5.74) is 1.00. The first-order valence-electron chi connectivity index (χ1n) is 8.90. The van der Waals surface area contributed by atoms with Crippen molar-refractivity contribution in [2.24, 2.45) is 0 Å². The lowest BCUT2D eigenvalue weighted by Crippen LogP contribution is -2.62. The van der Waals surface area contributed by atoms with E-state index < -0.39 is 11.8 Å². The van der Waals surface area contributed by atoms with Crippen LogP contribution in [0.15, 0.2) is 36.5 Å². The van der Waals surface area contributed by atoms with Gasteiger partial charge in [-0.15, -0.1) is 0 Å². The number of anilines is 1. The van der Waals surface area contributed by atoms with E-state index in [-0.39, 0.29) is 17.1 Å². The topological polar surface area (TPSA) is 83.1 Å². The summed E-state index contributed by atoms with van der Waals surface area (Å²) in [6.07, 6.45) is 3.20. The van der Waals surface area contributed by atoms with Gasteiger partial charge in [0.15, 0.2) is 0 Å². The summed E-state index contributed by atoms with van der Waals surface area (Å²) >= 11 is 0. The van der Waals surface area contributed by atoms with Crippen molar-refractivity contribution >= 4 is 28.4 Å². The van der Waals surface area contributed by atoms with Crippen molar-refractivity contribution in [3.05, 3.63) is 36.5 Å². The molecule has 1 aromatic carbocycles. The van der Waals surface area contributed by atoms with Crippen LogP contribution in [0.25, 0.3) is 10.9 Å². The van der Waals surface area contributed by atoms with Crippen LogP contribution in [0.2, 0.25) is 0 Å². The zero-order valence-corrected chi connectivity index (χ0v) is 15.7. The van der Waals surface area contributed by atoms with Gasteiger partial charge in [0.25, 0.3) is 0 Å². The van der Waals surface area contributed by atoms with Crippen LogP contribution in [0.3, 0.4) is 0 Å². The van der Waals surface area contributed by atoms with E-state index >= 15 is 0 Å². The van der Waals surface area contributed by atoms with Gasteiger partial charge in [-0.2, -0.15) is 0 Å². The van der Waals surface area contributed by atoms with E-state index in [2.05, 4.69) is 48.6 Å². The highest BCUT2D eigenvalue weighted by Gasteiger charge is 2.38. The molecule has 0 saturated carbocycles. The monoisotopic (exact) mass is 354 g/mol. The zero-order valence-electron chi connectivity index (χ0n) is 15.7. The minimum atomic E-state index is -0.669. The Labute approximate surface area is 153 Å². The molecule has 1 saturated heterocycles. The predicted molar refractivity (Wildman–Crippen MR) is 103 cm³/mol. The summed E-state index contributed by atoms with van der Waals surface area (Å²) in [6.45, 7) is 8.42. The van der Waals surface area contributed by atoms with Crippen molar-refractivity contribution in [2.75, 3.05) is 5.32 Å². The third kappa shape index (κ3) is 4.19. The summed E-state index contributed by atoms with van der Waals surface area (Å²) in [6, 6.07) is 9.19. The summed E-state index contributed by atoms with van der Waals surface area (Å²) in [4.78, 5) is 29.1. The number of hydrogen-bond donors (Lipinski definition) is 3. The van der Waals surface area contributed by atoms with Crippen LogP contribution >= 0.6 is 0 Å². The van der Waals surface area contributed by atoms with Crippen LogP contribution in [-0.4, -0.2) is 33.9 Å². The predicted octanol–water partition coefficient (Wildman–Crippen LogP) is 2.60. The average molecular weight is 354 g/mol. The van der Waals surface area contributed by atoms with Gasteiger partial charge in [-0.1, -0.05) is 18.2 Å². The fraction of sp³-hybridized carbons (Fsp3) is 0.450. The molecule has 1 aliphatic heterocycles. The molecule has 0 spiro atoms. The molecule has 0 bridgehead atoms. The summed E-state index contributed by atoms with van der Waals surface area (Å²) in [5.74, 6) is -1.28. The molecule has 0 unspecified atom stereocenters. The SMILES string of the molecule is CC1(C)CC(NC(=O)C(=O)Nc2cccc3cccnc23)CC(C)(C)N1. The van der Waals surface area contributed by atoms with Gasteiger partial charge in [0, 0.05) is 28.7 Å². The van der Waals surface area contributed by atoms with Crippen molar-refractivity contribution in [1.82, 2.24) is 15.6 Å². The fourth-order valence-electron chi connectivity index (χ4n) is 4.06. The van der Waals surface area contributed by atoms with Gasteiger partial charge in [-0.05, 0) is 52.7 Å². The number of rotatable bonds is 2. The van der Waals surface area contributed by atoms with Gasteiger partial charge in [0.1, 0.15) is 0 Å². The van der Waals surface area contributed by atoms with E-state index in [0.717, 1.165) is 18.2 Å². The lowest BCUT2D eigenvalue weighted by atomic mass is 9.79. The van der Waals surface area contributed by atoms with Crippen LogP contribution in [0.1, 0.15) is 40.5 Å². The first kappa shape index (κ1) is 18.3. The Bertz CT molecular complexity index is 823. The number of fused-ring (bicyclic) bond motifs is 1. The van der Waals surface area contributed by atoms with Gasteiger partial charge in [-0.25, -0.2) is 0 Å². The number of pyridine rings is 1. The Hall–Kier alpha value is -2.47. The molecule has 26 heavy (non-hydrogen) atoms. The lowest BCUT2D eigenvalue weighted by molar-refractivity contribution is -0.137. The molecule has 6 nitrogen and oxygen atoms in total. The third-order valence-electron chi connectivity index (χ3n) is 4.61. The molecule has 3 N–H and O–H groups in total. The van der Waals surface area contributed by atoms with E-state index in [1.807, 2.05) is 24.3 Å². The maximum atomic E-state index is 12.4. The molecule has 2 aromatic rings. The fourth-order valence-corrected chi connectivity index (χ4v) is 4.06. The van der Waals surface area contributed by atoms with E-state index in [1.165, 1.54) is 0 Å². The minimum Gasteiger partial charge on any atom is -0.345 e. The quantitative estimate of drug-likeness (QED) is 0.724. The highest BCUT2D eigenvalue weighted by atomic mass is 16.2. The molecule has 1 aromatic heterocycles. The number of carbonyl (C=O) groups is 2. The van der Waals surface area contributed by atoms with E-state index in [0.29, 0.717) is 11.2 Å². The van der Waals surface area contributed by atoms with Crippen LogP contribution in [0.5, 0.6) is 0 Å². The number of benzene rings is 1. The summed E-state index contributed by atoms with van der Waals surface area (Å²) in [5, 5.41) is 10.0. The van der Waals surface area contributed by atoms with Crippen LogP contribution in [-0.2, 0) is 9.59 Å². The molecule has 3 rings (SSSR count). The molecule has 0 atom stereocenters. The Morgan fingerprint density at radius 1 is 1.04 bits per heavy atom. The number of carbonyl (C=O) groups excluding carboxylic acids is 2. The number of amides is 2. The van der Waals surface area contributed by atoms with Crippen molar-refractivity contribution in [3.63, 3.8) is 0 Å². The number of aromatic nitrogens is 1. The Morgan fingerprint density at radius 3 is 2.38 bits per heavy atom. The molecule has 2 amide bonds. The largest absolute Gasteiger partial charge is 0.345 e. The van der Waals surface area contributed by atoms with Crippen molar-refractivity contribution in [2.45, 2.75) is 57.7 Å². The Balaban J connectivity index is 1.69. The molecule has 6 heteroatoms. The molecule has 1 aliphatic rings. The van der Waals surface area contributed by atoms with Crippen LogP contribution in [0.4, 0.5) is 5.69 Å². The van der Waals surface area contributed by atoms with Crippen molar-refractivity contribution in [1.29, 1.82) is 0 Å². The lowest BCUT2D eigenvalue weighted by Gasteiger charge is -2.46. The highest BCUT2D eigenvalue weighted by molar-refractivity contribution is 6.40. The summed E-state index contributed by atoms with van der Waals surface area (Å²) < 4.78 is 0. The number of piperidine rings is 1. The normalized spacial score (nSPS) is 19.1. The van der Waals surface area contributed by atoms with Gasteiger partial charge >= 0.3 is 11.8 Å². The second-order valence-corrected chi connectivity index (χ2v) is 8.31. The van der Waals surface area contributed by atoms with Crippen LogP contribution in [0, 0.1) is 0 Å². The molecular formula is C20H26N4O2. The van der Waals surface area contributed by atoms with E-state index in [4.69, 9.17) is 0 Å². The second kappa shape index (κ2) is 6.68. The number of para-hydroxylation sites is 1. The third-order valence-corrected chi connectivity index (χ3v) is 4.61. The van der Waals surface area contributed by atoms with E-state index in [1.54, 1.807) is 12.3 Å². The molecule has 138 valence electrons. The Kier molecular flexibility index (Phi) is 4.71. The standard InChI is InChI=1S/C20H26N4O2/c1-19(2)11-14(12-20(3,4)24-19)22-17(25)18(26)23-15-9-5-7-13-8-6-10-21-16(13)15/h5-10,14,24H,11-12H2,1-4H3,(H,22,25)(H,23,26). The van der Waals surface area contributed by atoms with Gasteiger partial charge < -0.3 is 16.0 Å². The molecule has 0 radical (unpaired) electrons. The van der Waals surface area contributed by atoms with Gasteiger partial charge in [0.05, 0.1) is 11.2 Å². The van der Waals surface area contributed by atoms with Gasteiger partial charge in [-0.3, -0.25) is 14.6 Å². The van der Waals surface area contributed by atoms with Gasteiger partial charge in [0.2, 0.25) is 0 Å². The van der Waals surface area contributed by atoms with Crippen molar-refractivity contribution < 1.29 is 9.59 Å². The maximum Gasteiger partial charge on any atom is 0.313 e. The molecule has 0 aliphatic carbocycles. The van der Waals surface area contributed by atoms with Crippen molar-refractivity contribution in [3.8, 4) is 0 Å². The smallest absolute Gasteiger partial charge is 0.313 e. The molecule has 2 heterocycles. The zero-order chi connectivity index (χ0) is 18.9. The minimum absolute atomic E-state index is 0.0508. The second-order valence-electron chi connectivity index (χ2n) is 8.31. The van der Waals surface area contributed by atoms with Crippen LogP contribution < -0.4 is 16.0 Å². The highest BCUT2D eigenvalue weighted by Crippen LogP contribution is 2.28. The maximum absolute atomic E-state index is 12.4. The molecule has 1 fully saturated rings. The van der Waals surface area contributed by atoms with E-state index in [9.17, 15) is 9.59 Å². The summed E-state index contributed by atoms with van der Waals surface area (Å²) in [7, 11) is 0. The Morgan fingerprint density at radius 2 is 1.69 bits per heavy atom. The first-order chi connectivity index (χ1) is 12.2.